The number of methoxy groups -OCH3 is 1. The molecule has 0 spiro atoms. The average Bonchev–Trinajstić information content (AvgIpc) is 3.74. The number of rotatable bonds is 12. The van der Waals surface area contributed by atoms with Crippen molar-refractivity contribution in [2.75, 3.05) is 70.6 Å². The van der Waals surface area contributed by atoms with Gasteiger partial charge in [0.15, 0.2) is 0 Å². The molecule has 0 saturated carbocycles. The normalized spacial score (nSPS) is 19.5. The number of nitrogens with zero attached hydrogens (tertiary/aromatic N) is 4. The number of fused-ring (bicyclic) bond motifs is 3. The van der Waals surface area contributed by atoms with Crippen LogP contribution in [0.3, 0.4) is 0 Å². The van der Waals surface area contributed by atoms with Crippen LogP contribution in [-0.2, 0) is 41.8 Å². The zero-order chi connectivity index (χ0) is 41.9. The molecule has 3 aromatic carbocycles. The van der Waals surface area contributed by atoms with Crippen LogP contribution in [0.5, 0.6) is 0 Å². The summed E-state index contributed by atoms with van der Waals surface area (Å²) in [5.74, 6) is -2.66. The fourth-order valence-corrected chi connectivity index (χ4v) is 10.5. The van der Waals surface area contributed by atoms with Gasteiger partial charge in [-0.15, -0.1) is 11.3 Å². The van der Waals surface area contributed by atoms with E-state index in [4.69, 9.17) is 4.74 Å². The number of hydrogen-bond acceptors (Lipinski definition) is 9. The second kappa shape index (κ2) is 18.3. The van der Waals surface area contributed by atoms with Gasteiger partial charge in [-0.1, -0.05) is 24.3 Å². The maximum atomic E-state index is 15.4. The molecule has 3 aliphatic heterocycles. The minimum atomic E-state index is -0.776. The number of amides is 3. The number of thiophene rings is 1. The summed E-state index contributed by atoms with van der Waals surface area (Å²) in [5.41, 5.74) is 3.71. The predicted molar refractivity (Wildman–Crippen MR) is 228 cm³/mol. The molecule has 3 amide bonds. The van der Waals surface area contributed by atoms with Crippen LogP contribution in [-0.4, -0.2) is 115 Å². The number of anilines is 2. The molecule has 4 aliphatic rings. The first-order chi connectivity index (χ1) is 29.0. The largest absolute Gasteiger partial charge is 0.465 e. The van der Waals surface area contributed by atoms with Crippen molar-refractivity contribution in [3.63, 3.8) is 0 Å². The molecule has 0 radical (unpaired) electrons. The Kier molecular flexibility index (Phi) is 12.7. The van der Waals surface area contributed by atoms with Crippen molar-refractivity contribution >= 4 is 45.7 Å². The van der Waals surface area contributed by atoms with Crippen molar-refractivity contribution in [3.8, 4) is 0 Å². The summed E-state index contributed by atoms with van der Waals surface area (Å²) in [5, 5.41) is 6.14. The molecule has 3 saturated heterocycles. The zero-order valence-electron chi connectivity index (χ0n) is 34.2. The Morgan fingerprint density at radius 3 is 2.18 bits per heavy atom. The SMILES string of the molecule is COC(=O)c1ccc(CCc2c(F)cc(NC(=O)c3c(NC(=O)c4cccc(CN5CC6CCC(C5)N6C(=O)CN5CCN(C)CC5)c4)sc4c3CCCC4)cc2F)cc1. The second-order valence-electron chi connectivity index (χ2n) is 16.6. The van der Waals surface area contributed by atoms with Gasteiger partial charge in [-0.2, -0.15) is 0 Å². The van der Waals surface area contributed by atoms with Crippen LogP contribution in [0.4, 0.5) is 19.5 Å². The van der Waals surface area contributed by atoms with Crippen LogP contribution < -0.4 is 10.6 Å². The van der Waals surface area contributed by atoms with Crippen LogP contribution in [0, 0.1) is 11.6 Å². The molecule has 2 N–H and O–H groups in total. The molecule has 2 bridgehead atoms. The Hall–Kier alpha value is -5.02. The van der Waals surface area contributed by atoms with E-state index in [1.54, 1.807) is 30.3 Å². The van der Waals surface area contributed by atoms with E-state index in [1.807, 2.05) is 18.2 Å². The molecule has 316 valence electrons. The molecule has 4 heterocycles. The van der Waals surface area contributed by atoms with Gasteiger partial charge in [-0.05, 0) is 112 Å². The molecule has 1 aromatic heterocycles. The minimum Gasteiger partial charge on any atom is -0.465 e. The van der Waals surface area contributed by atoms with Crippen molar-refractivity contribution in [2.45, 2.75) is 70.0 Å². The molecule has 8 rings (SSSR count). The summed E-state index contributed by atoms with van der Waals surface area (Å²) in [7, 11) is 3.42. The lowest BCUT2D eigenvalue weighted by molar-refractivity contribution is -0.138. The zero-order valence-corrected chi connectivity index (χ0v) is 35.1. The average molecular weight is 839 g/mol. The van der Waals surface area contributed by atoms with E-state index in [-0.39, 0.29) is 41.6 Å². The van der Waals surface area contributed by atoms with E-state index >= 15 is 8.78 Å². The monoisotopic (exact) mass is 838 g/mol. The lowest BCUT2D eigenvalue weighted by Gasteiger charge is -2.42. The molecule has 2 atom stereocenters. The summed E-state index contributed by atoms with van der Waals surface area (Å²) < 4.78 is 35.5. The Labute approximate surface area is 353 Å². The number of benzene rings is 3. The Bertz CT molecular complexity index is 2220. The molecule has 14 heteroatoms. The number of carbonyl (C=O) groups excluding carboxylic acids is 4. The van der Waals surface area contributed by atoms with Gasteiger partial charge in [0.2, 0.25) is 5.91 Å². The number of halogens is 2. The van der Waals surface area contributed by atoms with Crippen LogP contribution in [0.2, 0.25) is 0 Å². The number of carbonyl (C=O) groups is 4. The predicted octanol–water partition coefficient (Wildman–Crippen LogP) is 6.40. The summed E-state index contributed by atoms with van der Waals surface area (Å²) in [6.45, 7) is 6.55. The van der Waals surface area contributed by atoms with E-state index in [1.165, 1.54) is 18.4 Å². The highest BCUT2D eigenvalue weighted by Gasteiger charge is 2.42. The summed E-state index contributed by atoms with van der Waals surface area (Å²) in [6, 6.07) is 16.8. The number of likely N-dealkylation sites (tertiary alicyclic amines) is 1. The van der Waals surface area contributed by atoms with Crippen molar-refractivity contribution in [1.82, 2.24) is 19.6 Å². The molecule has 1 aliphatic carbocycles. The van der Waals surface area contributed by atoms with Gasteiger partial charge in [-0.25, -0.2) is 13.6 Å². The fourth-order valence-electron chi connectivity index (χ4n) is 9.25. The van der Waals surface area contributed by atoms with Crippen LogP contribution in [0.25, 0.3) is 0 Å². The van der Waals surface area contributed by atoms with Crippen LogP contribution in [0.15, 0.2) is 60.7 Å². The maximum absolute atomic E-state index is 15.4. The first kappa shape index (κ1) is 41.7. The smallest absolute Gasteiger partial charge is 0.337 e. The quantitative estimate of drug-likeness (QED) is 0.158. The number of piperazine rings is 2. The summed E-state index contributed by atoms with van der Waals surface area (Å²) >= 11 is 1.38. The fraction of sp³-hybridized carbons (Fsp3) is 0.435. The van der Waals surface area contributed by atoms with Gasteiger partial charge < -0.3 is 25.2 Å². The van der Waals surface area contributed by atoms with Crippen molar-refractivity contribution in [3.05, 3.63) is 116 Å². The number of aryl methyl sites for hydroxylation is 2. The Balaban J connectivity index is 0.906. The highest BCUT2D eigenvalue weighted by atomic mass is 32.1. The lowest BCUT2D eigenvalue weighted by Crippen LogP contribution is -2.58. The van der Waals surface area contributed by atoms with Crippen molar-refractivity contribution < 1.29 is 32.7 Å². The van der Waals surface area contributed by atoms with E-state index in [0.29, 0.717) is 47.6 Å². The number of esters is 1. The van der Waals surface area contributed by atoms with Gasteiger partial charge in [0.25, 0.3) is 11.8 Å². The number of likely N-dealkylation sites (N-methyl/N-ethyl adjacent to an activating group) is 1. The van der Waals surface area contributed by atoms with Gasteiger partial charge in [-0.3, -0.25) is 24.2 Å². The minimum absolute atomic E-state index is 0.0180. The standard InChI is InChI=1S/C46H52F2N6O5S/c1-51-18-20-52(21-19-51)28-41(55)54-34-15-16-35(54)27-53(26-34)25-30-6-5-7-32(22-30)43(56)50-45-42(37-8-3-4-9-40(37)60-45)44(57)49-33-23-38(47)36(39(48)24-33)17-12-29-10-13-31(14-11-29)46(58)59-2/h5-7,10-11,13-14,22-24,34-35H,3-4,8-9,12,15-21,25-28H2,1-2H3,(H,49,57)(H,50,56). The number of hydrogen-bond donors (Lipinski definition) is 2. The second-order valence-corrected chi connectivity index (χ2v) is 17.7. The van der Waals surface area contributed by atoms with E-state index < -0.39 is 23.5 Å². The van der Waals surface area contributed by atoms with Gasteiger partial charge in [0, 0.05) is 79.6 Å². The third kappa shape index (κ3) is 9.31. The van der Waals surface area contributed by atoms with Crippen LogP contribution >= 0.6 is 11.3 Å². The van der Waals surface area contributed by atoms with Gasteiger partial charge in [0.1, 0.15) is 16.6 Å². The molecule has 4 aromatic rings. The summed E-state index contributed by atoms with van der Waals surface area (Å²) in [6.07, 6.45) is 5.74. The highest BCUT2D eigenvalue weighted by Crippen LogP contribution is 2.39. The van der Waals surface area contributed by atoms with Crippen molar-refractivity contribution in [2.24, 2.45) is 0 Å². The first-order valence-electron chi connectivity index (χ1n) is 21.0. The van der Waals surface area contributed by atoms with Gasteiger partial charge >= 0.3 is 5.97 Å². The molecule has 11 nitrogen and oxygen atoms in total. The third-order valence-corrected chi connectivity index (χ3v) is 13.7. The van der Waals surface area contributed by atoms with E-state index in [2.05, 4.69) is 37.3 Å². The van der Waals surface area contributed by atoms with E-state index in [9.17, 15) is 19.2 Å². The topological polar surface area (TPSA) is 115 Å². The molecular formula is C46H52F2N6O5S. The maximum Gasteiger partial charge on any atom is 0.337 e. The molecule has 60 heavy (non-hydrogen) atoms. The lowest BCUT2D eigenvalue weighted by atomic mass is 9.95. The van der Waals surface area contributed by atoms with Crippen molar-refractivity contribution in [1.29, 1.82) is 0 Å². The van der Waals surface area contributed by atoms with Crippen LogP contribution in [0.1, 0.15) is 83.9 Å². The third-order valence-electron chi connectivity index (χ3n) is 12.5. The number of ether oxygens (including phenoxy) is 1. The molecule has 3 fully saturated rings. The number of nitrogens with one attached hydrogen (secondary N) is 2. The Morgan fingerprint density at radius 1 is 0.783 bits per heavy atom. The van der Waals surface area contributed by atoms with E-state index in [0.717, 1.165) is 105 Å². The first-order valence-corrected chi connectivity index (χ1v) is 21.8. The Morgan fingerprint density at radius 2 is 1.48 bits per heavy atom. The van der Waals surface area contributed by atoms with Gasteiger partial charge in [0.05, 0.1) is 24.8 Å². The molecule has 2 unspecified atom stereocenters. The molecular weight excluding hydrogens is 787 g/mol. The highest BCUT2D eigenvalue weighted by molar-refractivity contribution is 7.17. The summed E-state index contributed by atoms with van der Waals surface area (Å²) in [4.78, 5) is 63.1.